The molecule has 7 heterocycles. The fraction of sp³-hybridized carbons (Fsp3) is 0.382. The first kappa shape index (κ1) is 46.1. The average molecular weight is 959 g/mol. The molecule has 0 radical (unpaired) electrons. The van der Waals surface area contributed by atoms with Gasteiger partial charge in [0.25, 0.3) is 5.91 Å². The Hall–Kier alpha value is -7.35. The van der Waals surface area contributed by atoms with Crippen molar-refractivity contribution >= 4 is 57.5 Å². The Balaban J connectivity index is 0.647. The Bertz CT molecular complexity index is 2990. The third kappa shape index (κ3) is 9.27. The molecule has 1 saturated carbocycles. The van der Waals surface area contributed by atoms with Crippen LogP contribution in [-0.2, 0) is 25.7 Å². The van der Waals surface area contributed by atoms with Gasteiger partial charge in [-0.2, -0.15) is 0 Å². The molecule has 5 amide bonds. The van der Waals surface area contributed by atoms with Crippen LogP contribution in [0, 0.1) is 29.0 Å². The summed E-state index contributed by atoms with van der Waals surface area (Å²) in [5.74, 6) is 7.15. The first-order chi connectivity index (χ1) is 34.5. The minimum absolute atomic E-state index is 0.182. The molecule has 6 fully saturated rings. The highest BCUT2D eigenvalue weighted by Crippen LogP contribution is 2.48. The summed E-state index contributed by atoms with van der Waals surface area (Å²) in [7, 11) is 1.69. The molecular formula is C55H55FN8O7. The summed E-state index contributed by atoms with van der Waals surface area (Å²) >= 11 is 0. The first-order valence-electron chi connectivity index (χ1n) is 24.6. The lowest BCUT2D eigenvalue weighted by atomic mass is 9.84. The number of pyridine rings is 1. The van der Waals surface area contributed by atoms with Gasteiger partial charge >= 0.3 is 0 Å². The summed E-state index contributed by atoms with van der Waals surface area (Å²) in [5.41, 5.74) is 3.87. The van der Waals surface area contributed by atoms with Crippen LogP contribution in [-0.4, -0.2) is 114 Å². The fourth-order valence-corrected chi connectivity index (χ4v) is 11.1. The Morgan fingerprint density at radius 3 is 2.30 bits per heavy atom. The number of nitrogens with one attached hydrogen (secondary N) is 3. The van der Waals surface area contributed by atoms with Crippen LogP contribution in [0.4, 0.5) is 21.5 Å². The number of amides is 5. The number of hydrogen-bond donors (Lipinski definition) is 3. The molecule has 71 heavy (non-hydrogen) atoms. The number of halogens is 1. The summed E-state index contributed by atoms with van der Waals surface area (Å²) in [6.45, 7) is 6.29. The van der Waals surface area contributed by atoms with E-state index in [9.17, 15) is 28.4 Å². The van der Waals surface area contributed by atoms with Gasteiger partial charge in [-0.05, 0) is 129 Å². The van der Waals surface area contributed by atoms with Crippen molar-refractivity contribution in [3.8, 4) is 29.1 Å². The van der Waals surface area contributed by atoms with Crippen LogP contribution in [0.2, 0.25) is 0 Å². The maximum Gasteiger partial charge on any atom is 0.255 e. The number of benzene rings is 4. The minimum Gasteiger partial charge on any atom is -0.495 e. The van der Waals surface area contributed by atoms with Gasteiger partial charge in [-0.25, -0.2) is 4.39 Å². The van der Waals surface area contributed by atoms with Crippen LogP contribution < -0.4 is 30.3 Å². The van der Waals surface area contributed by atoms with Gasteiger partial charge in [-0.3, -0.25) is 44.1 Å². The number of rotatable bonds is 13. The molecule has 7 aliphatic rings. The Labute approximate surface area is 411 Å². The van der Waals surface area contributed by atoms with E-state index in [1.54, 1.807) is 48.5 Å². The number of carbonyl (C=O) groups excluding carboxylic acids is 5. The highest BCUT2D eigenvalue weighted by molar-refractivity contribution is 6.17. The summed E-state index contributed by atoms with van der Waals surface area (Å²) in [5, 5.41) is 8.79. The molecule has 3 N–H and O–H groups in total. The van der Waals surface area contributed by atoms with E-state index in [1.807, 2.05) is 24.3 Å². The summed E-state index contributed by atoms with van der Waals surface area (Å²) in [6.07, 6.45) is 7.32. The first-order valence-corrected chi connectivity index (χ1v) is 24.6. The maximum absolute atomic E-state index is 13.3. The lowest BCUT2D eigenvalue weighted by molar-refractivity contribution is -0.137. The molecule has 0 spiro atoms. The van der Waals surface area contributed by atoms with Crippen molar-refractivity contribution in [1.82, 2.24) is 25.0 Å². The van der Waals surface area contributed by atoms with E-state index in [4.69, 9.17) is 14.5 Å². The number of methoxy groups -OCH3 is 1. The molecular weight excluding hydrogens is 904 g/mol. The Morgan fingerprint density at radius 2 is 1.61 bits per heavy atom. The molecule has 3 unspecified atom stereocenters. The second-order valence-corrected chi connectivity index (χ2v) is 19.7. The smallest absolute Gasteiger partial charge is 0.255 e. The van der Waals surface area contributed by atoms with Gasteiger partial charge in [-0.15, -0.1) is 0 Å². The number of ether oxygens (including phenoxy) is 2. The maximum atomic E-state index is 13.3. The van der Waals surface area contributed by atoms with Crippen LogP contribution in [0.3, 0.4) is 0 Å². The number of aromatic nitrogens is 1. The van der Waals surface area contributed by atoms with E-state index in [1.165, 1.54) is 30.7 Å². The standard InChI is InChI=1S/C55H55FN8O7/c1-70-49-28-43-45(57-23-18-48(43)71-41-14-12-38(13-15-41)59-54(69)55(21-22-55)53(68)58-37-10-8-36(56)9-11-37)29-47(49)62-25-19-34(20-26-62)30-63-39-27-40(63)32-61(31-39)24-3-2-5-35-6-4-7-42-44(35)33-64(52(42)67)46-16-17-50(65)60-51(46)66/h4,6-15,18,23,28-29,34,39-40,46H,3,16-17,19-22,24-27,30-33H2,1H3,(H,58,68)(H,59,69)(H,60,65,66). The summed E-state index contributed by atoms with van der Waals surface area (Å²) in [4.78, 5) is 77.7. The van der Waals surface area contributed by atoms with Crippen molar-refractivity contribution in [2.45, 2.75) is 76.0 Å². The normalized spacial score (nSPS) is 21.7. The van der Waals surface area contributed by atoms with Crippen molar-refractivity contribution in [1.29, 1.82) is 0 Å². The van der Waals surface area contributed by atoms with Crippen LogP contribution >= 0.6 is 0 Å². The zero-order valence-electron chi connectivity index (χ0n) is 39.5. The van der Waals surface area contributed by atoms with E-state index < -0.39 is 29.1 Å². The van der Waals surface area contributed by atoms with Gasteiger partial charge in [-0.1, -0.05) is 17.9 Å². The lowest BCUT2D eigenvalue weighted by Crippen LogP contribution is -2.69. The van der Waals surface area contributed by atoms with E-state index in [2.05, 4.69) is 48.6 Å². The molecule has 5 aromatic rings. The summed E-state index contributed by atoms with van der Waals surface area (Å²) < 4.78 is 25.7. The van der Waals surface area contributed by atoms with E-state index in [0.29, 0.717) is 72.2 Å². The van der Waals surface area contributed by atoms with Crippen molar-refractivity contribution in [3.63, 3.8) is 0 Å². The topological polar surface area (TPSA) is 166 Å². The molecule has 4 aromatic carbocycles. The SMILES string of the molecule is COc1cc2c(Oc3ccc(NC(=O)C4(C(=O)Nc5ccc(F)cc5)CC4)cc3)ccnc2cc1N1CCC(CN2C3CC2CN(CCC#Cc2cccc4c2CN(C2CCC(=O)NC2=O)C4=O)C3)CC1. The number of carbonyl (C=O) groups is 5. The van der Waals surface area contributed by atoms with Gasteiger partial charge in [0, 0.05) is 105 Å². The molecule has 364 valence electrons. The highest BCUT2D eigenvalue weighted by Gasteiger charge is 2.56. The molecule has 2 bridgehead atoms. The molecule has 1 aromatic heterocycles. The van der Waals surface area contributed by atoms with Crippen molar-refractivity contribution < 1.29 is 37.8 Å². The van der Waals surface area contributed by atoms with Crippen LogP contribution in [0.15, 0.2) is 91.1 Å². The molecule has 12 rings (SSSR count). The van der Waals surface area contributed by atoms with Crippen molar-refractivity contribution in [2.75, 3.05) is 61.9 Å². The highest BCUT2D eigenvalue weighted by atomic mass is 19.1. The van der Waals surface area contributed by atoms with Crippen LogP contribution in [0.25, 0.3) is 10.9 Å². The number of nitrogens with zero attached hydrogens (tertiary/aromatic N) is 5. The summed E-state index contributed by atoms with van der Waals surface area (Å²) in [6, 6.07) is 24.4. The van der Waals surface area contributed by atoms with Crippen molar-refractivity contribution in [2.24, 2.45) is 11.3 Å². The number of piperazine rings is 1. The van der Waals surface area contributed by atoms with E-state index >= 15 is 0 Å². The molecule has 3 atom stereocenters. The largest absolute Gasteiger partial charge is 0.495 e. The number of fused-ring (bicyclic) bond motifs is 4. The predicted octanol–water partition coefficient (Wildman–Crippen LogP) is 6.71. The molecule has 1 aliphatic carbocycles. The number of piperidine rings is 3. The second kappa shape index (κ2) is 19.1. The average Bonchev–Trinajstić information content (AvgIpc) is 4.14. The van der Waals surface area contributed by atoms with Crippen molar-refractivity contribution in [3.05, 3.63) is 114 Å². The number of imide groups is 1. The third-order valence-electron chi connectivity index (χ3n) is 15.3. The van der Waals surface area contributed by atoms with Gasteiger partial charge in [0.2, 0.25) is 23.6 Å². The number of hydrogen-bond acceptors (Lipinski definition) is 11. The van der Waals surface area contributed by atoms with E-state index in [0.717, 1.165) is 92.0 Å². The fourth-order valence-electron chi connectivity index (χ4n) is 11.1. The van der Waals surface area contributed by atoms with Crippen LogP contribution in [0.1, 0.15) is 72.9 Å². The van der Waals surface area contributed by atoms with Gasteiger partial charge < -0.3 is 29.9 Å². The Morgan fingerprint density at radius 1 is 0.887 bits per heavy atom. The predicted molar refractivity (Wildman–Crippen MR) is 264 cm³/mol. The van der Waals surface area contributed by atoms with Gasteiger partial charge in [0.05, 0.1) is 18.3 Å². The minimum atomic E-state index is -1.17. The Kier molecular flexibility index (Phi) is 12.4. The lowest BCUT2D eigenvalue weighted by Gasteiger charge is -2.57. The molecule has 16 heteroatoms. The van der Waals surface area contributed by atoms with Gasteiger partial charge in [0.15, 0.2) is 0 Å². The number of anilines is 3. The zero-order valence-corrected chi connectivity index (χ0v) is 39.5. The van der Waals surface area contributed by atoms with Crippen LogP contribution in [0.5, 0.6) is 17.2 Å². The molecule has 15 nitrogen and oxygen atoms in total. The second-order valence-electron chi connectivity index (χ2n) is 19.7. The molecule has 6 aliphatic heterocycles. The van der Waals surface area contributed by atoms with Gasteiger partial charge in [0.1, 0.15) is 34.5 Å². The van der Waals surface area contributed by atoms with E-state index in [-0.39, 0.29) is 24.1 Å². The third-order valence-corrected chi connectivity index (χ3v) is 15.3. The zero-order chi connectivity index (χ0) is 48.8. The monoisotopic (exact) mass is 958 g/mol. The quantitative estimate of drug-likeness (QED) is 0.0653. The molecule has 5 saturated heterocycles.